The third-order valence-corrected chi connectivity index (χ3v) is 3.82. The standard InChI is InChI=1S/C14H15BrN4/c1-9-16-8-11-12(18-9)3-2-4-13(11)19-14-6-5-10(15)7-17-14/h5-8,13H,2-4H2,1H3,(H,17,19). The van der Waals surface area contributed by atoms with Gasteiger partial charge in [0.15, 0.2) is 0 Å². The Labute approximate surface area is 120 Å². The normalized spacial score (nSPS) is 17.9. The fourth-order valence-electron chi connectivity index (χ4n) is 2.44. The van der Waals surface area contributed by atoms with E-state index in [9.17, 15) is 0 Å². The molecule has 2 aromatic rings. The smallest absolute Gasteiger partial charge is 0.126 e. The van der Waals surface area contributed by atoms with Crippen molar-refractivity contribution in [2.75, 3.05) is 5.32 Å². The zero-order valence-corrected chi connectivity index (χ0v) is 12.3. The van der Waals surface area contributed by atoms with Gasteiger partial charge in [0.25, 0.3) is 0 Å². The summed E-state index contributed by atoms with van der Waals surface area (Å²) in [6.45, 7) is 1.94. The molecule has 2 aromatic heterocycles. The van der Waals surface area contributed by atoms with Crippen molar-refractivity contribution < 1.29 is 0 Å². The maximum absolute atomic E-state index is 4.54. The molecule has 1 unspecified atom stereocenters. The summed E-state index contributed by atoms with van der Waals surface area (Å²) in [4.78, 5) is 13.2. The quantitative estimate of drug-likeness (QED) is 0.921. The van der Waals surface area contributed by atoms with Crippen molar-refractivity contribution in [3.05, 3.63) is 46.1 Å². The van der Waals surface area contributed by atoms with E-state index in [0.717, 1.165) is 35.4 Å². The molecule has 0 fully saturated rings. The van der Waals surface area contributed by atoms with E-state index in [1.165, 1.54) is 11.3 Å². The van der Waals surface area contributed by atoms with Crippen molar-refractivity contribution in [2.24, 2.45) is 0 Å². The number of halogens is 1. The van der Waals surface area contributed by atoms with Crippen LogP contribution in [0.25, 0.3) is 0 Å². The van der Waals surface area contributed by atoms with Gasteiger partial charge in [0.1, 0.15) is 11.6 Å². The van der Waals surface area contributed by atoms with Gasteiger partial charge in [-0.2, -0.15) is 0 Å². The van der Waals surface area contributed by atoms with Crippen molar-refractivity contribution in [1.29, 1.82) is 0 Å². The molecule has 4 nitrogen and oxygen atoms in total. The van der Waals surface area contributed by atoms with Crippen LogP contribution in [-0.4, -0.2) is 15.0 Å². The molecule has 0 aromatic carbocycles. The van der Waals surface area contributed by atoms with Gasteiger partial charge in [0, 0.05) is 28.1 Å². The fourth-order valence-corrected chi connectivity index (χ4v) is 2.67. The predicted octanol–water partition coefficient (Wildman–Crippen LogP) is 3.43. The summed E-state index contributed by atoms with van der Waals surface area (Å²) in [5, 5.41) is 3.47. The van der Waals surface area contributed by atoms with Gasteiger partial charge in [-0.25, -0.2) is 15.0 Å². The summed E-state index contributed by atoms with van der Waals surface area (Å²) in [6.07, 6.45) is 7.05. The van der Waals surface area contributed by atoms with Crippen molar-refractivity contribution in [1.82, 2.24) is 15.0 Å². The summed E-state index contributed by atoms with van der Waals surface area (Å²) < 4.78 is 0.987. The molecule has 5 heteroatoms. The Balaban J connectivity index is 1.85. The lowest BCUT2D eigenvalue weighted by Crippen LogP contribution is -2.19. The van der Waals surface area contributed by atoms with Crippen molar-refractivity contribution >= 4 is 21.7 Å². The van der Waals surface area contributed by atoms with E-state index in [1.807, 2.05) is 25.3 Å². The zero-order chi connectivity index (χ0) is 13.2. The number of nitrogens with one attached hydrogen (secondary N) is 1. The van der Waals surface area contributed by atoms with Crippen LogP contribution >= 0.6 is 15.9 Å². The predicted molar refractivity (Wildman–Crippen MR) is 78.0 cm³/mol. The van der Waals surface area contributed by atoms with Crippen LogP contribution in [0.4, 0.5) is 5.82 Å². The van der Waals surface area contributed by atoms with Crippen LogP contribution in [0.1, 0.15) is 36.0 Å². The van der Waals surface area contributed by atoms with Crippen molar-refractivity contribution in [3.8, 4) is 0 Å². The van der Waals surface area contributed by atoms with E-state index in [1.54, 1.807) is 6.20 Å². The molecule has 19 heavy (non-hydrogen) atoms. The maximum atomic E-state index is 4.54. The Hall–Kier alpha value is -1.49. The molecule has 2 heterocycles. The minimum Gasteiger partial charge on any atom is -0.363 e. The molecule has 1 aliphatic rings. The molecule has 3 rings (SSSR count). The molecule has 0 amide bonds. The monoisotopic (exact) mass is 318 g/mol. The summed E-state index contributed by atoms with van der Waals surface area (Å²) in [7, 11) is 0. The van der Waals surface area contributed by atoms with Gasteiger partial charge >= 0.3 is 0 Å². The second kappa shape index (κ2) is 5.25. The second-order valence-corrected chi connectivity index (χ2v) is 5.69. The largest absolute Gasteiger partial charge is 0.363 e. The van der Waals surface area contributed by atoms with E-state index in [2.05, 4.69) is 36.2 Å². The third-order valence-electron chi connectivity index (χ3n) is 3.35. The number of hydrogen-bond donors (Lipinski definition) is 1. The highest BCUT2D eigenvalue weighted by molar-refractivity contribution is 9.10. The number of aryl methyl sites for hydroxylation is 2. The molecule has 98 valence electrons. The number of rotatable bonds is 2. The molecule has 1 N–H and O–H groups in total. The lowest BCUT2D eigenvalue weighted by Gasteiger charge is -2.25. The molecule has 0 spiro atoms. The van der Waals surface area contributed by atoms with Crippen LogP contribution in [0, 0.1) is 6.92 Å². The van der Waals surface area contributed by atoms with Gasteiger partial charge in [0.05, 0.1) is 6.04 Å². The van der Waals surface area contributed by atoms with Crippen molar-refractivity contribution in [3.63, 3.8) is 0 Å². The Bertz CT molecular complexity index is 582. The van der Waals surface area contributed by atoms with E-state index >= 15 is 0 Å². The highest BCUT2D eigenvalue weighted by atomic mass is 79.9. The third kappa shape index (κ3) is 2.76. The first-order valence-electron chi connectivity index (χ1n) is 6.43. The number of hydrogen-bond acceptors (Lipinski definition) is 4. The minimum absolute atomic E-state index is 0.262. The lowest BCUT2D eigenvalue weighted by molar-refractivity contribution is 0.580. The van der Waals surface area contributed by atoms with E-state index < -0.39 is 0 Å². The number of aromatic nitrogens is 3. The zero-order valence-electron chi connectivity index (χ0n) is 10.7. The number of anilines is 1. The Morgan fingerprint density at radius 3 is 2.95 bits per heavy atom. The summed E-state index contributed by atoms with van der Waals surface area (Å²) in [5.74, 6) is 1.74. The van der Waals surface area contributed by atoms with Gasteiger partial charge < -0.3 is 5.32 Å². The van der Waals surface area contributed by atoms with Crippen LogP contribution in [0.5, 0.6) is 0 Å². The van der Waals surface area contributed by atoms with Crippen LogP contribution < -0.4 is 5.32 Å². The lowest BCUT2D eigenvalue weighted by atomic mass is 9.92. The molecule has 0 aliphatic heterocycles. The Morgan fingerprint density at radius 2 is 2.16 bits per heavy atom. The first kappa shape index (κ1) is 12.5. The first-order valence-corrected chi connectivity index (χ1v) is 7.22. The van der Waals surface area contributed by atoms with Gasteiger partial charge in [-0.1, -0.05) is 0 Å². The van der Waals surface area contributed by atoms with Crippen LogP contribution in [0.2, 0.25) is 0 Å². The van der Waals surface area contributed by atoms with Crippen LogP contribution in [0.3, 0.4) is 0 Å². The molecular formula is C14H15BrN4. The van der Waals surface area contributed by atoms with Crippen molar-refractivity contribution in [2.45, 2.75) is 32.2 Å². The Kier molecular flexibility index (Phi) is 3.46. The van der Waals surface area contributed by atoms with Gasteiger partial charge in [-0.15, -0.1) is 0 Å². The number of nitrogens with zero attached hydrogens (tertiary/aromatic N) is 3. The highest BCUT2D eigenvalue weighted by Crippen LogP contribution is 2.30. The second-order valence-electron chi connectivity index (χ2n) is 4.77. The number of fused-ring (bicyclic) bond motifs is 1. The highest BCUT2D eigenvalue weighted by Gasteiger charge is 2.21. The van der Waals surface area contributed by atoms with Gasteiger partial charge in [-0.3, -0.25) is 0 Å². The minimum atomic E-state index is 0.262. The summed E-state index contributed by atoms with van der Waals surface area (Å²) in [6, 6.07) is 4.23. The van der Waals surface area contributed by atoms with E-state index in [-0.39, 0.29) is 6.04 Å². The average Bonchev–Trinajstić information content (AvgIpc) is 2.41. The van der Waals surface area contributed by atoms with E-state index in [4.69, 9.17) is 0 Å². The molecule has 0 saturated heterocycles. The Morgan fingerprint density at radius 1 is 1.26 bits per heavy atom. The topological polar surface area (TPSA) is 50.7 Å². The molecule has 0 bridgehead atoms. The van der Waals surface area contributed by atoms with Crippen LogP contribution in [-0.2, 0) is 6.42 Å². The summed E-state index contributed by atoms with van der Waals surface area (Å²) >= 11 is 3.39. The van der Waals surface area contributed by atoms with Gasteiger partial charge in [-0.05, 0) is 54.2 Å². The number of pyridine rings is 1. The molecule has 1 atom stereocenters. The molecule has 0 saturated carbocycles. The fraction of sp³-hybridized carbons (Fsp3) is 0.357. The average molecular weight is 319 g/mol. The van der Waals surface area contributed by atoms with Crippen LogP contribution in [0.15, 0.2) is 29.0 Å². The van der Waals surface area contributed by atoms with Gasteiger partial charge in [0.2, 0.25) is 0 Å². The molecular weight excluding hydrogens is 304 g/mol. The van der Waals surface area contributed by atoms with E-state index in [0.29, 0.717) is 0 Å². The first-order chi connectivity index (χ1) is 9.22. The summed E-state index contributed by atoms with van der Waals surface area (Å²) in [5.41, 5.74) is 2.38. The SMILES string of the molecule is Cc1ncc2c(n1)CCCC2Nc1ccc(Br)cn1. The molecule has 1 aliphatic carbocycles. The molecule has 0 radical (unpaired) electrons. The maximum Gasteiger partial charge on any atom is 0.126 e.